The summed E-state index contributed by atoms with van der Waals surface area (Å²) < 4.78 is 0. The number of rotatable bonds is 1. The van der Waals surface area contributed by atoms with Crippen molar-refractivity contribution in [3.63, 3.8) is 0 Å². The Hall–Kier alpha value is -2.41. The van der Waals surface area contributed by atoms with Gasteiger partial charge in [-0.05, 0) is 28.5 Å². The van der Waals surface area contributed by atoms with Gasteiger partial charge >= 0.3 is 0 Å². The second-order valence-electron chi connectivity index (χ2n) is 4.25. The maximum absolute atomic E-state index is 12.0. The molecule has 0 bridgehead atoms. The van der Waals surface area contributed by atoms with Crippen molar-refractivity contribution in [2.24, 2.45) is 0 Å². The first-order valence-corrected chi connectivity index (χ1v) is 5.93. The average molecular weight is 232 g/mol. The number of benzene rings is 2. The van der Waals surface area contributed by atoms with Crippen LogP contribution in [0.3, 0.4) is 0 Å². The molecule has 86 valence electrons. The summed E-state index contributed by atoms with van der Waals surface area (Å²) in [6.07, 6.45) is 0. The third-order valence-electron chi connectivity index (χ3n) is 3.06. The molecule has 0 aliphatic rings. The largest absolute Gasteiger partial charge is 0.289 e. The van der Waals surface area contributed by atoms with E-state index in [-0.39, 0.29) is 5.43 Å². The zero-order valence-electron chi connectivity index (χ0n) is 9.84. The van der Waals surface area contributed by atoms with Gasteiger partial charge in [0.05, 0.1) is 0 Å². The highest BCUT2D eigenvalue weighted by atomic mass is 16.1. The zero-order valence-corrected chi connectivity index (χ0v) is 9.84. The van der Waals surface area contributed by atoms with Crippen LogP contribution in [0.2, 0.25) is 0 Å². The van der Waals surface area contributed by atoms with Gasteiger partial charge in [-0.15, -0.1) is 0 Å². The molecule has 0 saturated carbocycles. The Morgan fingerprint density at radius 3 is 2.22 bits per heavy atom. The summed E-state index contributed by atoms with van der Waals surface area (Å²) in [5.41, 5.74) is 1.76. The lowest BCUT2D eigenvalue weighted by molar-refractivity contribution is 1.61. The molecule has 3 aromatic rings. The van der Waals surface area contributed by atoms with Crippen LogP contribution in [0.5, 0.6) is 0 Å². The molecule has 0 aliphatic heterocycles. The van der Waals surface area contributed by atoms with Crippen LogP contribution in [0.4, 0.5) is 0 Å². The smallest absolute Gasteiger partial charge is 0.186 e. The van der Waals surface area contributed by atoms with Crippen molar-refractivity contribution in [2.75, 3.05) is 0 Å². The van der Waals surface area contributed by atoms with Crippen molar-refractivity contribution in [3.05, 3.63) is 83.0 Å². The molecule has 3 aromatic carbocycles. The minimum absolute atomic E-state index is 0.0512. The Morgan fingerprint density at radius 2 is 1.33 bits per heavy atom. The quantitative estimate of drug-likeness (QED) is 0.622. The molecule has 0 radical (unpaired) electrons. The molecular weight excluding hydrogens is 220 g/mol. The van der Waals surface area contributed by atoms with Gasteiger partial charge in [0, 0.05) is 5.56 Å². The normalized spacial score (nSPS) is 10.4. The van der Waals surface area contributed by atoms with Crippen LogP contribution in [0.25, 0.3) is 21.9 Å². The lowest BCUT2D eigenvalue weighted by Crippen LogP contribution is -1.98. The molecule has 0 spiro atoms. The van der Waals surface area contributed by atoms with E-state index in [9.17, 15) is 4.79 Å². The number of hydrogen-bond donors (Lipinski definition) is 0. The summed E-state index contributed by atoms with van der Waals surface area (Å²) in [7, 11) is 0. The Labute approximate surface area is 105 Å². The van der Waals surface area contributed by atoms with Gasteiger partial charge in [0.1, 0.15) is 0 Å². The predicted molar refractivity (Wildman–Crippen MR) is 75.7 cm³/mol. The van der Waals surface area contributed by atoms with Crippen molar-refractivity contribution in [3.8, 4) is 11.1 Å². The van der Waals surface area contributed by atoms with Gasteiger partial charge in [0.15, 0.2) is 5.43 Å². The molecule has 0 amide bonds. The standard InChI is InChI=1S/C17H12O/c18-17-9-3-1-2-8-16(17)15-11-10-13-6-4-5-7-14(13)12-15/h1-12H. The van der Waals surface area contributed by atoms with E-state index < -0.39 is 0 Å². The van der Waals surface area contributed by atoms with Crippen LogP contribution >= 0.6 is 0 Å². The molecular formula is C17H12O. The monoisotopic (exact) mass is 232 g/mol. The molecule has 3 rings (SSSR count). The van der Waals surface area contributed by atoms with Crippen LogP contribution in [0, 0.1) is 0 Å². The first-order chi connectivity index (χ1) is 8.84. The zero-order chi connectivity index (χ0) is 12.4. The van der Waals surface area contributed by atoms with Gasteiger partial charge in [-0.1, -0.05) is 60.7 Å². The third-order valence-corrected chi connectivity index (χ3v) is 3.06. The number of hydrogen-bond acceptors (Lipinski definition) is 1. The van der Waals surface area contributed by atoms with Crippen molar-refractivity contribution in [2.45, 2.75) is 0 Å². The topological polar surface area (TPSA) is 17.1 Å². The van der Waals surface area contributed by atoms with Gasteiger partial charge in [-0.25, -0.2) is 0 Å². The Bertz CT molecular complexity index is 760. The fourth-order valence-corrected chi connectivity index (χ4v) is 2.13. The molecule has 0 fully saturated rings. The maximum atomic E-state index is 12.0. The molecule has 0 heterocycles. The molecule has 0 unspecified atom stereocenters. The highest BCUT2D eigenvalue weighted by Crippen LogP contribution is 2.21. The van der Waals surface area contributed by atoms with Crippen molar-refractivity contribution in [1.29, 1.82) is 0 Å². The first kappa shape index (κ1) is 10.7. The third kappa shape index (κ3) is 1.91. The van der Waals surface area contributed by atoms with E-state index in [0.717, 1.165) is 16.5 Å². The van der Waals surface area contributed by atoms with Gasteiger partial charge in [0.2, 0.25) is 0 Å². The van der Waals surface area contributed by atoms with E-state index in [0.29, 0.717) is 0 Å². The Morgan fingerprint density at radius 1 is 0.611 bits per heavy atom. The van der Waals surface area contributed by atoms with Crippen LogP contribution < -0.4 is 5.43 Å². The molecule has 0 N–H and O–H groups in total. The highest BCUT2D eigenvalue weighted by molar-refractivity contribution is 5.87. The van der Waals surface area contributed by atoms with Crippen molar-refractivity contribution >= 4 is 10.8 Å². The molecule has 1 heteroatoms. The van der Waals surface area contributed by atoms with Crippen LogP contribution in [0.1, 0.15) is 0 Å². The molecule has 1 nitrogen and oxygen atoms in total. The summed E-state index contributed by atoms with van der Waals surface area (Å²) in [5, 5.41) is 2.34. The van der Waals surface area contributed by atoms with Crippen LogP contribution in [-0.4, -0.2) is 0 Å². The summed E-state index contributed by atoms with van der Waals surface area (Å²) in [4.78, 5) is 12.0. The van der Waals surface area contributed by atoms with Crippen molar-refractivity contribution < 1.29 is 0 Å². The SMILES string of the molecule is O=c1cccccc1-c1ccc2ccccc2c1. The molecule has 0 atom stereocenters. The van der Waals surface area contributed by atoms with Gasteiger partial charge in [-0.2, -0.15) is 0 Å². The van der Waals surface area contributed by atoms with E-state index in [2.05, 4.69) is 24.3 Å². The van der Waals surface area contributed by atoms with E-state index >= 15 is 0 Å². The van der Waals surface area contributed by atoms with E-state index in [1.165, 1.54) is 5.39 Å². The minimum Gasteiger partial charge on any atom is -0.289 e. The van der Waals surface area contributed by atoms with Gasteiger partial charge < -0.3 is 0 Å². The van der Waals surface area contributed by atoms with E-state index in [1.54, 1.807) is 12.1 Å². The Kier molecular flexibility index (Phi) is 2.66. The first-order valence-electron chi connectivity index (χ1n) is 5.93. The number of fused-ring (bicyclic) bond motifs is 1. The summed E-state index contributed by atoms with van der Waals surface area (Å²) in [6.45, 7) is 0. The summed E-state index contributed by atoms with van der Waals surface area (Å²) in [5.74, 6) is 0. The van der Waals surface area contributed by atoms with Gasteiger partial charge in [-0.3, -0.25) is 4.79 Å². The van der Waals surface area contributed by atoms with Gasteiger partial charge in [0.25, 0.3) is 0 Å². The molecule has 0 aromatic heterocycles. The average Bonchev–Trinajstić information content (AvgIpc) is 2.63. The lowest BCUT2D eigenvalue weighted by Gasteiger charge is -2.01. The van der Waals surface area contributed by atoms with Crippen LogP contribution in [-0.2, 0) is 0 Å². The molecule has 18 heavy (non-hydrogen) atoms. The second kappa shape index (κ2) is 4.46. The fraction of sp³-hybridized carbons (Fsp3) is 0. The Balaban J connectivity index is 2.27. The molecule has 0 saturated heterocycles. The lowest BCUT2D eigenvalue weighted by atomic mass is 10.0. The highest BCUT2D eigenvalue weighted by Gasteiger charge is 2.01. The maximum Gasteiger partial charge on any atom is 0.186 e. The predicted octanol–water partition coefficient (Wildman–Crippen LogP) is 3.87. The molecule has 0 aliphatic carbocycles. The summed E-state index contributed by atoms with van der Waals surface area (Å²) >= 11 is 0. The minimum atomic E-state index is 0.0512. The fourth-order valence-electron chi connectivity index (χ4n) is 2.13. The van der Waals surface area contributed by atoms with E-state index in [4.69, 9.17) is 0 Å². The van der Waals surface area contributed by atoms with E-state index in [1.807, 2.05) is 36.4 Å². The van der Waals surface area contributed by atoms with Crippen molar-refractivity contribution in [1.82, 2.24) is 0 Å². The van der Waals surface area contributed by atoms with Crippen LogP contribution in [0.15, 0.2) is 77.6 Å². The second-order valence-corrected chi connectivity index (χ2v) is 4.25. The summed E-state index contributed by atoms with van der Waals surface area (Å²) in [6, 6.07) is 23.3.